The summed E-state index contributed by atoms with van der Waals surface area (Å²) in [5, 5.41) is 3.29. The highest BCUT2D eigenvalue weighted by atomic mass is 79.9. The minimum atomic E-state index is 0.564. The minimum absolute atomic E-state index is 0.564. The van der Waals surface area contributed by atoms with Crippen LogP contribution in [0.2, 0.25) is 0 Å². The average molecular weight is 333 g/mol. The summed E-state index contributed by atoms with van der Waals surface area (Å²) in [5.41, 5.74) is 3.07. The van der Waals surface area contributed by atoms with Crippen molar-refractivity contribution in [3.8, 4) is 11.5 Å². The topological polar surface area (TPSA) is 50.7 Å². The Hall–Kier alpha value is -1.49. The molecule has 1 fully saturated rings. The van der Waals surface area contributed by atoms with Crippen LogP contribution in [0.4, 0.5) is 5.82 Å². The Morgan fingerprint density at radius 1 is 1.30 bits per heavy atom. The predicted octanol–water partition coefficient (Wildman–Crippen LogP) is 3.92. The summed E-state index contributed by atoms with van der Waals surface area (Å²) in [4.78, 5) is 13.7. The van der Waals surface area contributed by atoms with Crippen molar-refractivity contribution in [2.24, 2.45) is 0 Å². The molecule has 0 spiro atoms. The second-order valence-electron chi connectivity index (χ2n) is 5.12. The molecule has 5 heteroatoms. The molecule has 2 aromatic heterocycles. The van der Waals surface area contributed by atoms with Gasteiger partial charge in [-0.2, -0.15) is 0 Å². The molecule has 0 amide bonds. The summed E-state index contributed by atoms with van der Waals surface area (Å²) in [6, 6.07) is 4.02. The quantitative estimate of drug-likeness (QED) is 0.921. The Balaban J connectivity index is 2.07. The number of pyridine rings is 1. The van der Waals surface area contributed by atoms with Gasteiger partial charge in [0.05, 0.1) is 10.2 Å². The van der Waals surface area contributed by atoms with Gasteiger partial charge in [-0.1, -0.05) is 6.07 Å². The van der Waals surface area contributed by atoms with Gasteiger partial charge in [-0.05, 0) is 54.2 Å². The van der Waals surface area contributed by atoms with Crippen molar-refractivity contribution >= 4 is 21.7 Å². The third kappa shape index (κ3) is 2.68. The largest absolute Gasteiger partial charge is 0.369 e. The first-order valence-electron chi connectivity index (χ1n) is 6.93. The molecule has 20 heavy (non-hydrogen) atoms. The SMILES string of the molecule is CCNc1nc(-c2ccc(C)cn2)nc(C2CC2)c1Br. The lowest BCUT2D eigenvalue weighted by atomic mass is 10.2. The molecule has 0 aromatic carbocycles. The predicted molar refractivity (Wildman–Crippen MR) is 83.8 cm³/mol. The number of halogens is 1. The van der Waals surface area contributed by atoms with Crippen LogP contribution in [0, 0.1) is 6.92 Å². The van der Waals surface area contributed by atoms with Gasteiger partial charge in [-0.15, -0.1) is 0 Å². The fraction of sp³-hybridized carbons (Fsp3) is 0.400. The van der Waals surface area contributed by atoms with Crippen molar-refractivity contribution in [3.05, 3.63) is 34.1 Å². The van der Waals surface area contributed by atoms with Crippen molar-refractivity contribution in [2.45, 2.75) is 32.6 Å². The van der Waals surface area contributed by atoms with Crippen LogP contribution < -0.4 is 5.32 Å². The molecule has 4 nitrogen and oxygen atoms in total. The molecule has 0 bridgehead atoms. The van der Waals surface area contributed by atoms with E-state index >= 15 is 0 Å². The Morgan fingerprint density at radius 3 is 2.70 bits per heavy atom. The third-order valence-electron chi connectivity index (χ3n) is 3.33. The highest BCUT2D eigenvalue weighted by Gasteiger charge is 2.29. The highest BCUT2D eigenvalue weighted by molar-refractivity contribution is 9.10. The smallest absolute Gasteiger partial charge is 0.180 e. The van der Waals surface area contributed by atoms with Gasteiger partial charge in [0.15, 0.2) is 5.82 Å². The van der Waals surface area contributed by atoms with Crippen LogP contribution in [0.15, 0.2) is 22.8 Å². The van der Waals surface area contributed by atoms with E-state index in [1.54, 1.807) is 0 Å². The van der Waals surface area contributed by atoms with Gasteiger partial charge < -0.3 is 5.32 Å². The van der Waals surface area contributed by atoms with E-state index in [0.717, 1.165) is 33.8 Å². The van der Waals surface area contributed by atoms with Crippen LogP contribution >= 0.6 is 15.9 Å². The molecule has 2 heterocycles. The maximum absolute atomic E-state index is 4.72. The van der Waals surface area contributed by atoms with E-state index in [-0.39, 0.29) is 0 Å². The van der Waals surface area contributed by atoms with Gasteiger partial charge in [-0.25, -0.2) is 9.97 Å². The van der Waals surface area contributed by atoms with Crippen LogP contribution in [-0.4, -0.2) is 21.5 Å². The zero-order chi connectivity index (χ0) is 14.1. The molecule has 0 unspecified atom stereocenters. The van der Waals surface area contributed by atoms with Crippen LogP contribution in [0.3, 0.4) is 0 Å². The zero-order valence-corrected chi connectivity index (χ0v) is 13.2. The van der Waals surface area contributed by atoms with Gasteiger partial charge >= 0.3 is 0 Å². The molecule has 1 aliphatic rings. The second-order valence-corrected chi connectivity index (χ2v) is 5.91. The number of aryl methyl sites for hydroxylation is 1. The van der Waals surface area contributed by atoms with Gasteiger partial charge in [-0.3, -0.25) is 4.98 Å². The number of rotatable bonds is 4. The average Bonchev–Trinajstić information content (AvgIpc) is 3.27. The van der Waals surface area contributed by atoms with E-state index in [4.69, 9.17) is 4.98 Å². The summed E-state index contributed by atoms with van der Waals surface area (Å²) in [5.74, 6) is 2.13. The maximum atomic E-state index is 4.72. The third-order valence-corrected chi connectivity index (χ3v) is 4.11. The lowest BCUT2D eigenvalue weighted by molar-refractivity contribution is 0.967. The molecule has 3 rings (SSSR count). The van der Waals surface area contributed by atoms with Gasteiger partial charge in [0.1, 0.15) is 11.5 Å². The Kier molecular flexibility index (Phi) is 3.70. The van der Waals surface area contributed by atoms with Crippen molar-refractivity contribution in [2.75, 3.05) is 11.9 Å². The van der Waals surface area contributed by atoms with Gasteiger partial charge in [0, 0.05) is 18.7 Å². The molecular weight excluding hydrogens is 316 g/mol. The molecule has 104 valence electrons. The second kappa shape index (κ2) is 5.48. The van der Waals surface area contributed by atoms with E-state index in [2.05, 4.69) is 38.1 Å². The summed E-state index contributed by atoms with van der Waals surface area (Å²) < 4.78 is 0.998. The first-order valence-corrected chi connectivity index (χ1v) is 7.72. The molecule has 0 aliphatic heterocycles. The summed E-state index contributed by atoms with van der Waals surface area (Å²) in [6.07, 6.45) is 4.27. The number of nitrogens with one attached hydrogen (secondary N) is 1. The molecule has 0 radical (unpaired) electrons. The summed E-state index contributed by atoms with van der Waals surface area (Å²) in [6.45, 7) is 4.93. The molecule has 1 saturated carbocycles. The molecular formula is C15H17BrN4. The van der Waals surface area contributed by atoms with Crippen molar-refractivity contribution in [3.63, 3.8) is 0 Å². The molecule has 0 atom stereocenters. The zero-order valence-electron chi connectivity index (χ0n) is 11.7. The van der Waals surface area contributed by atoms with Gasteiger partial charge in [0.25, 0.3) is 0 Å². The van der Waals surface area contributed by atoms with E-state index < -0.39 is 0 Å². The molecule has 1 N–H and O–H groups in total. The van der Waals surface area contributed by atoms with E-state index in [9.17, 15) is 0 Å². The van der Waals surface area contributed by atoms with Crippen LogP contribution in [0.5, 0.6) is 0 Å². The highest BCUT2D eigenvalue weighted by Crippen LogP contribution is 2.44. The lowest BCUT2D eigenvalue weighted by Gasteiger charge is -2.11. The maximum Gasteiger partial charge on any atom is 0.180 e. The molecule has 0 saturated heterocycles. The monoisotopic (exact) mass is 332 g/mol. The normalized spacial score (nSPS) is 14.3. The fourth-order valence-corrected chi connectivity index (χ4v) is 2.73. The number of anilines is 1. The lowest BCUT2D eigenvalue weighted by Crippen LogP contribution is -2.06. The van der Waals surface area contributed by atoms with Crippen LogP contribution in [0.1, 0.15) is 36.9 Å². The number of hydrogen-bond donors (Lipinski definition) is 1. The van der Waals surface area contributed by atoms with Crippen molar-refractivity contribution in [1.82, 2.24) is 15.0 Å². The van der Waals surface area contributed by atoms with E-state index in [1.165, 1.54) is 12.8 Å². The van der Waals surface area contributed by atoms with Crippen LogP contribution in [0.25, 0.3) is 11.5 Å². The summed E-state index contributed by atoms with van der Waals surface area (Å²) in [7, 11) is 0. The van der Waals surface area contributed by atoms with E-state index in [0.29, 0.717) is 11.7 Å². The first kappa shape index (κ1) is 13.5. The van der Waals surface area contributed by atoms with E-state index in [1.807, 2.05) is 25.3 Å². The van der Waals surface area contributed by atoms with Crippen molar-refractivity contribution in [1.29, 1.82) is 0 Å². The minimum Gasteiger partial charge on any atom is -0.369 e. The number of aromatic nitrogens is 3. The van der Waals surface area contributed by atoms with Gasteiger partial charge in [0.2, 0.25) is 0 Å². The number of hydrogen-bond acceptors (Lipinski definition) is 4. The Labute approximate surface area is 127 Å². The van der Waals surface area contributed by atoms with Crippen molar-refractivity contribution < 1.29 is 0 Å². The molecule has 2 aromatic rings. The Bertz CT molecular complexity index is 621. The standard InChI is InChI=1S/C15H17BrN4/c1-3-17-15-12(16)13(10-5-6-10)19-14(20-15)11-7-4-9(2)8-18-11/h4,7-8,10H,3,5-6H2,1-2H3,(H,17,19,20). The Morgan fingerprint density at radius 2 is 2.10 bits per heavy atom. The van der Waals surface area contributed by atoms with Crippen LogP contribution in [-0.2, 0) is 0 Å². The summed E-state index contributed by atoms with van der Waals surface area (Å²) >= 11 is 3.63. The number of nitrogens with zero attached hydrogens (tertiary/aromatic N) is 3. The first-order chi connectivity index (χ1) is 9.69. The molecule has 1 aliphatic carbocycles. The fourth-order valence-electron chi connectivity index (χ4n) is 2.09.